The molecule has 0 aliphatic heterocycles. The molecule has 0 spiro atoms. The average molecular weight is 386 g/mol. The molecule has 1 N–H and O–H groups in total. The van der Waals surface area contributed by atoms with Crippen LogP contribution in [-0.2, 0) is 19.5 Å². The van der Waals surface area contributed by atoms with E-state index in [0.29, 0.717) is 11.3 Å². The van der Waals surface area contributed by atoms with Gasteiger partial charge in [0.25, 0.3) is 10.0 Å². The van der Waals surface area contributed by atoms with Crippen molar-refractivity contribution in [2.45, 2.75) is 36.4 Å². The molecule has 2 rings (SSSR count). The number of sulfonamides is 1. The Bertz CT molecular complexity index is 863. The lowest BCUT2D eigenvalue weighted by Crippen LogP contribution is -2.46. The Morgan fingerprint density at radius 2 is 1.84 bits per heavy atom. The van der Waals surface area contributed by atoms with Gasteiger partial charge in [-0.2, -0.15) is 9.98 Å². The molecular formula is C15H18N2O6S2. The maximum Gasteiger partial charge on any atom is 0.348 e. The molecule has 0 bridgehead atoms. The van der Waals surface area contributed by atoms with Gasteiger partial charge < -0.3 is 9.47 Å². The van der Waals surface area contributed by atoms with E-state index in [1.165, 1.54) is 13.8 Å². The quantitative estimate of drug-likeness (QED) is 0.737. The average Bonchev–Trinajstić information content (AvgIpc) is 3.36. The number of hydrogen-bond acceptors (Lipinski definition) is 8. The predicted octanol–water partition coefficient (Wildman–Crippen LogP) is 1.60. The van der Waals surface area contributed by atoms with Gasteiger partial charge >= 0.3 is 11.9 Å². The Hall–Kier alpha value is -1.96. The van der Waals surface area contributed by atoms with Crippen LogP contribution >= 0.6 is 11.3 Å². The molecule has 0 amide bonds. The Morgan fingerprint density at radius 1 is 1.28 bits per heavy atom. The number of carbonyl (C=O) groups is 2. The van der Waals surface area contributed by atoms with Crippen molar-refractivity contribution in [1.29, 1.82) is 5.26 Å². The summed E-state index contributed by atoms with van der Waals surface area (Å²) in [6, 6.07) is 1.99. The highest BCUT2D eigenvalue weighted by molar-refractivity contribution is 7.91. The van der Waals surface area contributed by atoms with Crippen LogP contribution in [0.3, 0.4) is 0 Å². The van der Waals surface area contributed by atoms with E-state index < -0.39 is 27.5 Å². The second kappa shape index (κ2) is 6.74. The largest absolute Gasteiger partial charge is 0.465 e. The molecule has 0 saturated heterocycles. The van der Waals surface area contributed by atoms with E-state index >= 15 is 0 Å². The normalized spacial score (nSPS) is 16.6. The molecule has 25 heavy (non-hydrogen) atoms. The van der Waals surface area contributed by atoms with Crippen molar-refractivity contribution in [3.63, 3.8) is 0 Å². The van der Waals surface area contributed by atoms with Crippen LogP contribution in [0.4, 0.5) is 0 Å². The zero-order chi connectivity index (χ0) is 19.0. The number of nitrogens with zero attached hydrogens (tertiary/aromatic N) is 1. The van der Waals surface area contributed by atoms with E-state index in [1.54, 1.807) is 0 Å². The molecule has 1 aliphatic rings. The van der Waals surface area contributed by atoms with Crippen LogP contribution in [0.2, 0.25) is 0 Å². The molecule has 136 valence electrons. The fourth-order valence-corrected chi connectivity index (χ4v) is 5.61. The summed E-state index contributed by atoms with van der Waals surface area (Å²) in [5.41, 5.74) is -1.35. The SMILES string of the molecule is COC(=O)c1sc(S(=O)(=O)N[C@](C)(C#N)C2CC2)c(C(=O)OC)c1C. The second-order valence-corrected chi connectivity index (χ2v) is 8.79. The highest BCUT2D eigenvalue weighted by atomic mass is 32.2. The van der Waals surface area contributed by atoms with E-state index in [2.05, 4.69) is 14.2 Å². The lowest BCUT2D eigenvalue weighted by Gasteiger charge is -2.22. The van der Waals surface area contributed by atoms with Crippen molar-refractivity contribution >= 4 is 33.3 Å². The van der Waals surface area contributed by atoms with Crippen molar-refractivity contribution < 1.29 is 27.5 Å². The topological polar surface area (TPSA) is 123 Å². The zero-order valence-electron chi connectivity index (χ0n) is 14.2. The van der Waals surface area contributed by atoms with E-state index in [9.17, 15) is 23.3 Å². The summed E-state index contributed by atoms with van der Waals surface area (Å²) in [5.74, 6) is -1.72. The van der Waals surface area contributed by atoms with Crippen LogP contribution in [0.1, 0.15) is 45.4 Å². The summed E-state index contributed by atoms with van der Waals surface area (Å²) < 4.78 is 37.0. The maximum absolute atomic E-state index is 12.8. The van der Waals surface area contributed by atoms with Crippen LogP contribution < -0.4 is 4.72 Å². The molecule has 1 fully saturated rings. The first-order valence-corrected chi connectivity index (χ1v) is 9.66. The Kier molecular flexibility index (Phi) is 5.22. The molecule has 1 atom stereocenters. The number of ether oxygens (including phenoxy) is 2. The fourth-order valence-electron chi connectivity index (χ4n) is 2.49. The van der Waals surface area contributed by atoms with Crippen molar-refractivity contribution in [3.05, 3.63) is 16.0 Å². The fraction of sp³-hybridized carbons (Fsp3) is 0.533. The maximum atomic E-state index is 12.8. The van der Waals surface area contributed by atoms with Gasteiger partial charge in [0.05, 0.1) is 25.9 Å². The molecule has 1 saturated carbocycles. The lowest BCUT2D eigenvalue weighted by atomic mass is 10.0. The minimum atomic E-state index is -4.23. The number of carbonyl (C=O) groups excluding carboxylic acids is 2. The summed E-state index contributed by atoms with van der Waals surface area (Å²) in [6.45, 7) is 2.94. The van der Waals surface area contributed by atoms with E-state index in [-0.39, 0.29) is 26.1 Å². The summed E-state index contributed by atoms with van der Waals surface area (Å²) in [4.78, 5) is 23.9. The van der Waals surface area contributed by atoms with Gasteiger partial charge in [-0.25, -0.2) is 18.0 Å². The van der Waals surface area contributed by atoms with Crippen molar-refractivity contribution in [2.75, 3.05) is 14.2 Å². The molecule has 1 aromatic rings. The lowest BCUT2D eigenvalue weighted by molar-refractivity contribution is 0.0596. The minimum absolute atomic E-state index is 0.00615. The van der Waals surface area contributed by atoms with Crippen LogP contribution in [0, 0.1) is 24.2 Å². The number of hydrogen-bond donors (Lipinski definition) is 1. The van der Waals surface area contributed by atoms with E-state index in [1.807, 2.05) is 6.07 Å². The molecule has 1 heterocycles. The van der Waals surface area contributed by atoms with Gasteiger partial charge in [0, 0.05) is 0 Å². The smallest absolute Gasteiger partial charge is 0.348 e. The molecular weight excluding hydrogens is 368 g/mol. The molecule has 0 radical (unpaired) electrons. The third-order valence-corrected chi connectivity index (χ3v) is 7.45. The van der Waals surface area contributed by atoms with Gasteiger partial charge in [-0.15, -0.1) is 11.3 Å². The molecule has 0 unspecified atom stereocenters. The van der Waals surface area contributed by atoms with Gasteiger partial charge in [-0.1, -0.05) is 0 Å². The Labute approximate surface area is 149 Å². The summed E-state index contributed by atoms with van der Waals surface area (Å²) >= 11 is 0.618. The number of esters is 2. The summed E-state index contributed by atoms with van der Waals surface area (Å²) in [6.07, 6.45) is 1.49. The second-order valence-electron chi connectivity index (χ2n) is 5.90. The minimum Gasteiger partial charge on any atom is -0.465 e. The third-order valence-electron chi connectivity index (χ3n) is 4.09. The summed E-state index contributed by atoms with van der Waals surface area (Å²) in [5, 5.41) is 9.38. The van der Waals surface area contributed by atoms with Gasteiger partial charge in [0.1, 0.15) is 10.4 Å². The van der Waals surface area contributed by atoms with Crippen molar-refractivity contribution in [3.8, 4) is 6.07 Å². The van der Waals surface area contributed by atoms with Crippen molar-refractivity contribution in [2.24, 2.45) is 5.92 Å². The van der Waals surface area contributed by atoms with Crippen molar-refractivity contribution in [1.82, 2.24) is 4.72 Å². The summed E-state index contributed by atoms with van der Waals surface area (Å²) in [7, 11) is -1.95. The predicted molar refractivity (Wildman–Crippen MR) is 88.8 cm³/mol. The van der Waals surface area contributed by atoms with Crippen LogP contribution in [-0.4, -0.2) is 40.1 Å². The van der Waals surface area contributed by atoms with Gasteiger partial charge in [-0.3, -0.25) is 0 Å². The molecule has 1 aliphatic carbocycles. The number of rotatable bonds is 6. The monoisotopic (exact) mass is 386 g/mol. The van der Waals surface area contributed by atoms with E-state index in [0.717, 1.165) is 27.1 Å². The standard InChI is InChI=1S/C15H18N2O6S2/c1-8-10(12(18)22-3)14(24-11(8)13(19)23-4)25(20,21)17-15(2,7-16)9-5-6-9/h9,17H,5-6H2,1-4H3/t15-/m1/s1. The Morgan fingerprint density at radius 3 is 2.28 bits per heavy atom. The van der Waals surface area contributed by atoms with Crippen LogP contribution in [0.15, 0.2) is 4.21 Å². The number of thiophene rings is 1. The van der Waals surface area contributed by atoms with Crippen LogP contribution in [0.5, 0.6) is 0 Å². The highest BCUT2D eigenvalue weighted by Crippen LogP contribution is 2.41. The highest BCUT2D eigenvalue weighted by Gasteiger charge is 2.46. The zero-order valence-corrected chi connectivity index (χ0v) is 15.8. The molecule has 1 aromatic heterocycles. The molecule has 10 heteroatoms. The van der Waals surface area contributed by atoms with E-state index in [4.69, 9.17) is 0 Å². The van der Waals surface area contributed by atoms with Gasteiger partial charge in [-0.05, 0) is 38.2 Å². The number of nitrogens with one attached hydrogen (secondary N) is 1. The first kappa shape index (κ1) is 19.4. The van der Waals surface area contributed by atoms with Gasteiger partial charge in [0.2, 0.25) is 0 Å². The number of methoxy groups -OCH3 is 2. The Balaban J connectivity index is 2.58. The first-order chi connectivity index (χ1) is 11.6. The third kappa shape index (κ3) is 3.53. The van der Waals surface area contributed by atoms with Crippen LogP contribution in [0.25, 0.3) is 0 Å². The molecule has 0 aromatic carbocycles. The van der Waals surface area contributed by atoms with Gasteiger partial charge in [0.15, 0.2) is 4.21 Å². The number of nitriles is 1. The first-order valence-electron chi connectivity index (χ1n) is 7.36. The molecule has 8 nitrogen and oxygen atoms in total.